The fraction of sp³-hybridized carbons (Fsp3) is 0.333. The van der Waals surface area contributed by atoms with Crippen molar-refractivity contribution in [3.63, 3.8) is 0 Å². The van der Waals surface area contributed by atoms with Gasteiger partial charge in [0, 0.05) is 18.7 Å². The van der Waals surface area contributed by atoms with Gasteiger partial charge < -0.3 is 14.8 Å². The van der Waals surface area contributed by atoms with E-state index in [4.69, 9.17) is 21.7 Å². The maximum Gasteiger partial charge on any atom is 0.270 e. The van der Waals surface area contributed by atoms with E-state index >= 15 is 0 Å². The summed E-state index contributed by atoms with van der Waals surface area (Å²) in [5, 5.41) is 13.4. The summed E-state index contributed by atoms with van der Waals surface area (Å²) in [6, 6.07) is 15.9. The zero-order chi connectivity index (χ0) is 31.1. The van der Waals surface area contributed by atoms with E-state index in [1.165, 1.54) is 11.8 Å². The van der Waals surface area contributed by atoms with Crippen LogP contribution in [-0.2, 0) is 24.3 Å². The molecule has 0 saturated carbocycles. The van der Waals surface area contributed by atoms with Gasteiger partial charge in [-0.05, 0) is 61.6 Å². The van der Waals surface area contributed by atoms with Gasteiger partial charge in [0.05, 0.1) is 25.7 Å². The molecule has 0 radical (unpaired) electrons. The molecule has 224 valence electrons. The van der Waals surface area contributed by atoms with Crippen LogP contribution in [0.2, 0.25) is 0 Å². The Bertz CT molecular complexity index is 1660. The van der Waals surface area contributed by atoms with Crippen molar-refractivity contribution in [2.24, 2.45) is 0 Å². The number of aryl methyl sites for hydroxylation is 1. The molecule has 0 aliphatic carbocycles. The molecule has 2 heterocycles. The third kappa shape index (κ3) is 7.12. The van der Waals surface area contributed by atoms with Crippen LogP contribution in [-0.4, -0.2) is 40.5 Å². The maximum atomic E-state index is 13.6. The number of ether oxygens (including phenoxy) is 2. The van der Waals surface area contributed by atoms with E-state index in [0.29, 0.717) is 63.7 Å². The largest absolute Gasteiger partial charge is 0.493 e. The van der Waals surface area contributed by atoms with Crippen molar-refractivity contribution < 1.29 is 14.3 Å². The molecular weight excluding hydrogens is 581 g/mol. The first-order valence-electron chi connectivity index (χ1n) is 14.2. The molecule has 0 atom stereocenters. The van der Waals surface area contributed by atoms with Crippen molar-refractivity contribution >= 4 is 46.1 Å². The Morgan fingerprint density at radius 2 is 1.74 bits per heavy atom. The molecular formula is C33H36N4O4S2. The average molecular weight is 617 g/mol. The number of methoxy groups -OCH3 is 2. The number of aromatic nitrogens is 1. The monoisotopic (exact) mass is 616 g/mol. The predicted molar refractivity (Wildman–Crippen MR) is 177 cm³/mol. The first kappa shape index (κ1) is 31.9. The van der Waals surface area contributed by atoms with Crippen LogP contribution in [0.3, 0.4) is 0 Å². The lowest BCUT2D eigenvalue weighted by molar-refractivity contribution is -0.122. The molecule has 1 aromatic heterocycles. The molecule has 1 amide bonds. The van der Waals surface area contributed by atoms with Gasteiger partial charge >= 0.3 is 0 Å². The van der Waals surface area contributed by atoms with Gasteiger partial charge in [0.1, 0.15) is 21.8 Å². The number of unbranched alkanes of at least 4 members (excludes halogenated alkanes) is 1. The number of rotatable bonds is 12. The summed E-state index contributed by atoms with van der Waals surface area (Å²) in [4.78, 5) is 29.1. The van der Waals surface area contributed by atoms with E-state index in [1.807, 2.05) is 49.4 Å². The minimum absolute atomic E-state index is 0.0722. The van der Waals surface area contributed by atoms with E-state index < -0.39 is 0 Å². The number of nitriles is 1. The summed E-state index contributed by atoms with van der Waals surface area (Å²) in [5.74, 6) is 1.68. The molecule has 43 heavy (non-hydrogen) atoms. The second-order valence-corrected chi connectivity index (χ2v) is 12.0. The fourth-order valence-corrected chi connectivity index (χ4v) is 6.12. The Morgan fingerprint density at radius 1 is 1.05 bits per heavy atom. The van der Waals surface area contributed by atoms with Crippen LogP contribution in [0, 0.1) is 25.2 Å². The number of amides is 1. The summed E-state index contributed by atoms with van der Waals surface area (Å²) in [5.41, 5.74) is 4.04. The standard InChI is InChI=1S/C33H36N4O4S2/c1-6-7-16-36-30(35-15-14-23-12-13-27(40-4)28(17-23)41-5)25(22(3)26(19-34)31(36)38)18-29-32(39)37(33(42)43-29)20-24-10-8-21(2)9-11-24/h8-13,17-18,35H,6-7,14-16,20H2,1-5H3/b29-18+. The van der Waals surface area contributed by atoms with E-state index in [9.17, 15) is 14.9 Å². The number of thioether (sulfide) groups is 1. The van der Waals surface area contributed by atoms with Crippen LogP contribution >= 0.6 is 24.0 Å². The minimum Gasteiger partial charge on any atom is -0.493 e. The van der Waals surface area contributed by atoms with E-state index in [-0.39, 0.29) is 17.0 Å². The highest BCUT2D eigenvalue weighted by molar-refractivity contribution is 8.26. The predicted octanol–water partition coefficient (Wildman–Crippen LogP) is 6.21. The van der Waals surface area contributed by atoms with Crippen LogP contribution in [0.4, 0.5) is 5.82 Å². The summed E-state index contributed by atoms with van der Waals surface area (Å²) < 4.78 is 12.9. The van der Waals surface area contributed by atoms with Gasteiger partial charge in [-0.1, -0.05) is 73.2 Å². The molecule has 0 spiro atoms. The van der Waals surface area contributed by atoms with Crippen molar-refractivity contribution in [3.05, 3.63) is 91.1 Å². The van der Waals surface area contributed by atoms with Gasteiger partial charge in [-0.25, -0.2) is 0 Å². The molecule has 10 heteroatoms. The number of hydrogen-bond donors (Lipinski definition) is 1. The maximum absolute atomic E-state index is 13.6. The Kier molecular flexibility index (Phi) is 10.7. The van der Waals surface area contributed by atoms with Crippen molar-refractivity contribution in [2.45, 2.75) is 53.1 Å². The highest BCUT2D eigenvalue weighted by Crippen LogP contribution is 2.36. The summed E-state index contributed by atoms with van der Waals surface area (Å²) in [6.07, 6.45) is 4.04. The van der Waals surface area contributed by atoms with E-state index in [2.05, 4.69) is 18.3 Å². The third-order valence-corrected chi connectivity index (χ3v) is 8.75. The van der Waals surface area contributed by atoms with Crippen LogP contribution in [0.1, 0.15) is 53.1 Å². The Balaban J connectivity index is 1.71. The molecule has 1 aliphatic rings. The van der Waals surface area contributed by atoms with Gasteiger partial charge in [0.15, 0.2) is 11.5 Å². The zero-order valence-corrected chi connectivity index (χ0v) is 26.8. The zero-order valence-electron chi connectivity index (χ0n) is 25.2. The minimum atomic E-state index is -0.342. The first-order chi connectivity index (χ1) is 20.7. The van der Waals surface area contributed by atoms with E-state index in [0.717, 1.165) is 29.5 Å². The number of pyridine rings is 1. The summed E-state index contributed by atoms with van der Waals surface area (Å²) in [6.45, 7) is 7.14. The fourth-order valence-electron chi connectivity index (χ4n) is 4.89. The molecule has 1 N–H and O–H groups in total. The van der Waals surface area contributed by atoms with Crippen molar-refractivity contribution in [3.8, 4) is 17.6 Å². The van der Waals surface area contributed by atoms with Crippen molar-refractivity contribution in [1.29, 1.82) is 5.26 Å². The Labute approximate surface area is 262 Å². The molecule has 4 rings (SSSR count). The molecule has 2 aromatic carbocycles. The number of carbonyl (C=O) groups is 1. The Morgan fingerprint density at radius 3 is 2.40 bits per heavy atom. The van der Waals surface area contributed by atoms with Gasteiger partial charge in [-0.3, -0.25) is 19.1 Å². The third-order valence-electron chi connectivity index (χ3n) is 7.37. The van der Waals surface area contributed by atoms with Crippen LogP contribution in [0.15, 0.2) is 52.2 Å². The van der Waals surface area contributed by atoms with Crippen molar-refractivity contribution in [1.82, 2.24) is 9.47 Å². The molecule has 1 aliphatic heterocycles. The number of carbonyl (C=O) groups excluding carboxylic acids is 1. The lowest BCUT2D eigenvalue weighted by Crippen LogP contribution is -2.29. The lowest BCUT2D eigenvalue weighted by Gasteiger charge is -2.20. The lowest BCUT2D eigenvalue weighted by atomic mass is 10.0. The van der Waals surface area contributed by atoms with Gasteiger partial charge in [-0.15, -0.1) is 0 Å². The summed E-state index contributed by atoms with van der Waals surface area (Å²) >= 11 is 6.83. The van der Waals surface area contributed by atoms with Gasteiger partial charge in [0.2, 0.25) is 0 Å². The van der Waals surface area contributed by atoms with Gasteiger partial charge in [-0.2, -0.15) is 5.26 Å². The number of nitrogens with one attached hydrogen (secondary N) is 1. The smallest absolute Gasteiger partial charge is 0.270 e. The van der Waals surface area contributed by atoms with Crippen LogP contribution < -0.4 is 20.3 Å². The number of thiocarbonyl (C=S) groups is 1. The first-order valence-corrected chi connectivity index (χ1v) is 15.4. The van der Waals surface area contributed by atoms with E-state index in [1.54, 1.807) is 36.7 Å². The number of benzene rings is 2. The quantitative estimate of drug-likeness (QED) is 0.190. The van der Waals surface area contributed by atoms with Crippen LogP contribution in [0.5, 0.6) is 11.5 Å². The normalized spacial score (nSPS) is 13.9. The number of hydrogen-bond acceptors (Lipinski definition) is 8. The summed E-state index contributed by atoms with van der Waals surface area (Å²) in [7, 11) is 3.20. The van der Waals surface area contributed by atoms with Crippen molar-refractivity contribution in [2.75, 3.05) is 26.1 Å². The number of nitrogens with zero attached hydrogens (tertiary/aromatic N) is 3. The number of anilines is 1. The molecule has 0 bridgehead atoms. The molecule has 0 unspecified atom stereocenters. The Hall–Kier alpha value is -4.07. The highest BCUT2D eigenvalue weighted by atomic mass is 32.2. The van der Waals surface area contributed by atoms with Crippen LogP contribution in [0.25, 0.3) is 6.08 Å². The molecule has 8 nitrogen and oxygen atoms in total. The second kappa shape index (κ2) is 14.4. The topological polar surface area (TPSA) is 96.6 Å². The SMILES string of the molecule is CCCCn1c(NCCc2ccc(OC)c(OC)c2)c(/C=C2/SC(=S)N(Cc3ccc(C)cc3)C2=O)c(C)c(C#N)c1=O. The molecule has 1 saturated heterocycles. The highest BCUT2D eigenvalue weighted by Gasteiger charge is 2.33. The van der Waals surface area contributed by atoms with Gasteiger partial charge in [0.25, 0.3) is 11.5 Å². The average Bonchev–Trinajstić information content (AvgIpc) is 3.27. The molecule has 3 aromatic rings. The molecule has 1 fully saturated rings. The second-order valence-electron chi connectivity index (χ2n) is 10.3.